The summed E-state index contributed by atoms with van der Waals surface area (Å²) in [4.78, 5) is 1.23. The van der Waals surface area contributed by atoms with Gasteiger partial charge in [0.1, 0.15) is 0 Å². The topological polar surface area (TPSA) is 32.3 Å². The second-order valence-electron chi connectivity index (χ2n) is 5.21. The number of aliphatic hydroxyl groups excluding tert-OH is 1. The quantitative estimate of drug-likeness (QED) is 0.814. The van der Waals surface area contributed by atoms with E-state index >= 15 is 0 Å². The SMILES string of the molecule is CSc1ccc(C(C)(CO)Nc2cccc(C)c2)cc1. The molecule has 0 aliphatic heterocycles. The van der Waals surface area contributed by atoms with Crippen LogP contribution in [0.15, 0.2) is 53.4 Å². The Bertz CT molecular complexity index is 567. The van der Waals surface area contributed by atoms with Gasteiger partial charge in [0.2, 0.25) is 0 Å². The molecule has 20 heavy (non-hydrogen) atoms. The third-order valence-electron chi connectivity index (χ3n) is 3.48. The number of hydrogen-bond donors (Lipinski definition) is 2. The molecule has 0 saturated heterocycles. The van der Waals surface area contributed by atoms with Crippen molar-refractivity contribution >= 4 is 17.4 Å². The van der Waals surface area contributed by atoms with Crippen molar-refractivity contribution in [1.29, 1.82) is 0 Å². The van der Waals surface area contributed by atoms with Crippen LogP contribution in [0.2, 0.25) is 0 Å². The van der Waals surface area contributed by atoms with Gasteiger partial charge in [-0.2, -0.15) is 0 Å². The summed E-state index contributed by atoms with van der Waals surface area (Å²) in [6.45, 7) is 4.12. The van der Waals surface area contributed by atoms with Crippen LogP contribution in [0.5, 0.6) is 0 Å². The highest BCUT2D eigenvalue weighted by atomic mass is 32.2. The van der Waals surface area contributed by atoms with Crippen molar-refractivity contribution in [2.24, 2.45) is 0 Å². The predicted octanol–water partition coefficient (Wildman–Crippen LogP) is 4.04. The second-order valence-corrected chi connectivity index (χ2v) is 6.09. The Hall–Kier alpha value is -1.45. The highest BCUT2D eigenvalue weighted by Gasteiger charge is 2.25. The molecule has 106 valence electrons. The fourth-order valence-electron chi connectivity index (χ4n) is 2.20. The molecule has 2 rings (SSSR count). The van der Waals surface area contributed by atoms with Crippen LogP contribution < -0.4 is 5.32 Å². The molecule has 2 aromatic carbocycles. The van der Waals surface area contributed by atoms with Crippen molar-refractivity contribution in [3.8, 4) is 0 Å². The summed E-state index contributed by atoms with van der Waals surface area (Å²) in [5.41, 5.74) is 2.83. The Labute approximate surface area is 125 Å². The van der Waals surface area contributed by atoms with E-state index in [1.165, 1.54) is 10.5 Å². The van der Waals surface area contributed by atoms with Crippen LogP contribution in [0.3, 0.4) is 0 Å². The maximum Gasteiger partial charge on any atom is 0.0828 e. The molecule has 0 saturated carbocycles. The lowest BCUT2D eigenvalue weighted by molar-refractivity contribution is 0.224. The maximum absolute atomic E-state index is 9.83. The minimum Gasteiger partial charge on any atom is -0.394 e. The molecule has 2 aromatic rings. The zero-order chi connectivity index (χ0) is 14.6. The molecule has 3 heteroatoms. The minimum absolute atomic E-state index is 0.0412. The van der Waals surface area contributed by atoms with Crippen LogP contribution in [0.4, 0.5) is 5.69 Å². The first-order chi connectivity index (χ1) is 9.57. The number of anilines is 1. The lowest BCUT2D eigenvalue weighted by Crippen LogP contribution is -2.35. The maximum atomic E-state index is 9.83. The minimum atomic E-state index is -0.481. The molecule has 0 fully saturated rings. The Morgan fingerprint density at radius 2 is 1.85 bits per heavy atom. The molecule has 0 spiro atoms. The van der Waals surface area contributed by atoms with Gasteiger partial charge in [0.25, 0.3) is 0 Å². The number of aryl methyl sites for hydroxylation is 1. The van der Waals surface area contributed by atoms with Crippen LogP contribution in [-0.4, -0.2) is 18.0 Å². The molecule has 0 bridgehead atoms. The molecule has 0 amide bonds. The third kappa shape index (κ3) is 3.35. The Morgan fingerprint density at radius 1 is 1.15 bits per heavy atom. The first-order valence-electron chi connectivity index (χ1n) is 6.67. The van der Waals surface area contributed by atoms with Crippen molar-refractivity contribution in [2.75, 3.05) is 18.2 Å². The van der Waals surface area contributed by atoms with Crippen LogP contribution in [0.1, 0.15) is 18.1 Å². The molecule has 1 atom stereocenters. The monoisotopic (exact) mass is 287 g/mol. The van der Waals surface area contributed by atoms with E-state index in [1.54, 1.807) is 11.8 Å². The zero-order valence-corrected chi connectivity index (χ0v) is 13.0. The summed E-state index contributed by atoms with van der Waals surface area (Å²) in [6, 6.07) is 16.5. The molecule has 2 N–H and O–H groups in total. The third-order valence-corrected chi connectivity index (χ3v) is 4.23. The van der Waals surface area contributed by atoms with Crippen molar-refractivity contribution in [3.05, 3.63) is 59.7 Å². The summed E-state index contributed by atoms with van der Waals surface area (Å²) in [5, 5.41) is 13.3. The van der Waals surface area contributed by atoms with Gasteiger partial charge < -0.3 is 10.4 Å². The predicted molar refractivity (Wildman–Crippen MR) is 87.5 cm³/mol. The van der Waals surface area contributed by atoms with E-state index in [0.29, 0.717) is 0 Å². The number of benzene rings is 2. The van der Waals surface area contributed by atoms with E-state index in [9.17, 15) is 5.11 Å². The normalized spacial score (nSPS) is 13.8. The Morgan fingerprint density at radius 3 is 2.40 bits per heavy atom. The molecule has 2 nitrogen and oxygen atoms in total. The average molecular weight is 287 g/mol. The van der Waals surface area contributed by atoms with Gasteiger partial charge in [-0.1, -0.05) is 24.3 Å². The lowest BCUT2D eigenvalue weighted by atomic mass is 9.92. The number of nitrogens with one attached hydrogen (secondary N) is 1. The smallest absolute Gasteiger partial charge is 0.0828 e. The van der Waals surface area contributed by atoms with Gasteiger partial charge in [0.05, 0.1) is 12.1 Å². The van der Waals surface area contributed by atoms with Crippen LogP contribution in [0.25, 0.3) is 0 Å². The van der Waals surface area contributed by atoms with Gasteiger partial charge in [-0.3, -0.25) is 0 Å². The largest absolute Gasteiger partial charge is 0.394 e. The molecule has 0 aliphatic rings. The van der Waals surface area contributed by atoms with Gasteiger partial charge >= 0.3 is 0 Å². The van der Waals surface area contributed by atoms with Gasteiger partial charge in [0.15, 0.2) is 0 Å². The first-order valence-corrected chi connectivity index (χ1v) is 7.90. The molecular formula is C17H21NOS. The zero-order valence-electron chi connectivity index (χ0n) is 12.2. The fourth-order valence-corrected chi connectivity index (χ4v) is 2.61. The van der Waals surface area contributed by atoms with Crippen LogP contribution in [0, 0.1) is 6.92 Å². The molecule has 0 aliphatic carbocycles. The van der Waals surface area contributed by atoms with E-state index in [-0.39, 0.29) is 6.61 Å². The van der Waals surface area contributed by atoms with E-state index in [1.807, 2.05) is 19.1 Å². The molecule has 1 unspecified atom stereocenters. The van der Waals surface area contributed by atoms with Crippen LogP contribution >= 0.6 is 11.8 Å². The highest BCUT2D eigenvalue weighted by Crippen LogP contribution is 2.27. The van der Waals surface area contributed by atoms with Gasteiger partial charge in [-0.25, -0.2) is 0 Å². The van der Waals surface area contributed by atoms with Gasteiger partial charge in [-0.05, 0) is 55.5 Å². The molecule has 0 aromatic heterocycles. The summed E-state index contributed by atoms with van der Waals surface area (Å²) >= 11 is 1.72. The molecular weight excluding hydrogens is 266 g/mol. The number of hydrogen-bond acceptors (Lipinski definition) is 3. The fraction of sp³-hybridized carbons (Fsp3) is 0.294. The average Bonchev–Trinajstić information content (AvgIpc) is 2.47. The standard InChI is InChI=1S/C17H21NOS/c1-13-5-4-6-15(11-13)18-17(2,12-19)14-7-9-16(20-3)10-8-14/h4-11,18-19H,12H2,1-3H3. The summed E-state index contributed by atoms with van der Waals surface area (Å²) < 4.78 is 0. The van der Waals surface area contributed by atoms with Gasteiger partial charge in [-0.15, -0.1) is 11.8 Å². The first kappa shape index (κ1) is 14.9. The van der Waals surface area contributed by atoms with Crippen molar-refractivity contribution in [1.82, 2.24) is 0 Å². The Balaban J connectivity index is 2.27. The molecule has 0 radical (unpaired) electrons. The van der Waals surface area contributed by atoms with Crippen molar-refractivity contribution in [3.63, 3.8) is 0 Å². The van der Waals surface area contributed by atoms with Gasteiger partial charge in [0, 0.05) is 10.6 Å². The number of rotatable bonds is 5. The highest BCUT2D eigenvalue weighted by molar-refractivity contribution is 7.98. The van der Waals surface area contributed by atoms with E-state index in [0.717, 1.165) is 11.3 Å². The van der Waals surface area contributed by atoms with Crippen molar-refractivity contribution in [2.45, 2.75) is 24.3 Å². The van der Waals surface area contributed by atoms with E-state index < -0.39 is 5.54 Å². The Kier molecular flexibility index (Phi) is 4.73. The second kappa shape index (κ2) is 6.33. The number of thioether (sulfide) groups is 1. The lowest BCUT2D eigenvalue weighted by Gasteiger charge is -2.31. The van der Waals surface area contributed by atoms with E-state index in [4.69, 9.17) is 0 Å². The van der Waals surface area contributed by atoms with E-state index in [2.05, 4.69) is 54.9 Å². The number of aliphatic hydroxyl groups is 1. The molecule has 0 heterocycles. The van der Waals surface area contributed by atoms with Crippen LogP contribution in [-0.2, 0) is 5.54 Å². The summed E-state index contributed by atoms with van der Waals surface area (Å²) in [6.07, 6.45) is 2.06. The van der Waals surface area contributed by atoms with Crippen molar-refractivity contribution < 1.29 is 5.11 Å². The summed E-state index contributed by atoms with van der Waals surface area (Å²) in [7, 11) is 0. The summed E-state index contributed by atoms with van der Waals surface area (Å²) in [5.74, 6) is 0.